The van der Waals surface area contributed by atoms with Crippen LogP contribution in [0, 0.1) is 32.1 Å². The van der Waals surface area contributed by atoms with E-state index in [0.29, 0.717) is 21.9 Å². The molecule has 2 aromatic heterocycles. The molecule has 2 heterocycles. The second-order valence-electron chi connectivity index (χ2n) is 7.02. The van der Waals surface area contributed by atoms with Crippen LogP contribution in [-0.2, 0) is 11.2 Å². The number of benzene rings is 1. The number of thioether (sulfide) groups is 1. The molecule has 30 heavy (non-hydrogen) atoms. The summed E-state index contributed by atoms with van der Waals surface area (Å²) >= 11 is 2.75. The third-order valence-corrected chi connectivity index (χ3v) is 6.97. The lowest BCUT2D eigenvalue weighted by molar-refractivity contribution is -0.118. The molecule has 0 fully saturated rings. The van der Waals surface area contributed by atoms with Crippen LogP contribution in [0.5, 0.6) is 0 Å². The average molecular weight is 441 g/mol. The predicted molar refractivity (Wildman–Crippen MR) is 123 cm³/mol. The van der Waals surface area contributed by atoms with Gasteiger partial charge in [-0.05, 0) is 56.0 Å². The first kappa shape index (κ1) is 22.1. The standard InChI is InChI=1S/C22H24N4O2S2/c1-5-17-15(4)30-20-19(17)21(28)26(16-8-7-13(2)14(3)11-16)22(25-20)29-12-18(27)24-10-6-9-23/h7-8,11H,5-6,10,12H2,1-4H3,(H,24,27). The molecule has 156 valence electrons. The zero-order chi connectivity index (χ0) is 21.8. The van der Waals surface area contributed by atoms with Crippen LogP contribution in [0.4, 0.5) is 0 Å². The highest BCUT2D eigenvalue weighted by molar-refractivity contribution is 7.99. The van der Waals surface area contributed by atoms with Gasteiger partial charge in [-0.1, -0.05) is 24.8 Å². The highest BCUT2D eigenvalue weighted by Crippen LogP contribution is 2.30. The summed E-state index contributed by atoms with van der Waals surface area (Å²) in [6.07, 6.45) is 1.03. The SMILES string of the molecule is CCc1c(C)sc2nc(SCC(=O)NCCC#N)n(-c3ccc(C)c(C)c3)c(=O)c12. The summed E-state index contributed by atoms with van der Waals surface area (Å²) in [6.45, 7) is 8.42. The summed E-state index contributed by atoms with van der Waals surface area (Å²) in [5.41, 5.74) is 3.91. The Labute approximate surface area is 183 Å². The van der Waals surface area contributed by atoms with Gasteiger partial charge in [0.2, 0.25) is 5.91 Å². The van der Waals surface area contributed by atoms with E-state index < -0.39 is 0 Å². The van der Waals surface area contributed by atoms with Crippen LogP contribution in [0.1, 0.15) is 34.9 Å². The molecule has 1 aromatic carbocycles. The van der Waals surface area contributed by atoms with Crippen LogP contribution in [-0.4, -0.2) is 27.8 Å². The second-order valence-corrected chi connectivity index (χ2v) is 9.17. The molecule has 0 saturated heterocycles. The van der Waals surface area contributed by atoms with E-state index in [1.165, 1.54) is 23.1 Å². The molecular weight excluding hydrogens is 416 g/mol. The number of amides is 1. The van der Waals surface area contributed by atoms with Gasteiger partial charge in [-0.25, -0.2) is 4.98 Å². The molecular formula is C22H24N4O2S2. The Balaban J connectivity index is 2.10. The summed E-state index contributed by atoms with van der Waals surface area (Å²) in [6, 6.07) is 7.88. The first-order valence-corrected chi connectivity index (χ1v) is 11.6. The molecule has 0 spiro atoms. The lowest BCUT2D eigenvalue weighted by Crippen LogP contribution is -2.27. The minimum atomic E-state index is -0.187. The van der Waals surface area contributed by atoms with Gasteiger partial charge >= 0.3 is 0 Å². The lowest BCUT2D eigenvalue weighted by atomic mass is 10.1. The van der Waals surface area contributed by atoms with Crippen molar-refractivity contribution in [2.75, 3.05) is 12.3 Å². The zero-order valence-electron chi connectivity index (χ0n) is 17.5. The van der Waals surface area contributed by atoms with Crippen molar-refractivity contribution in [1.82, 2.24) is 14.9 Å². The quantitative estimate of drug-likeness (QED) is 0.340. The molecule has 0 aliphatic carbocycles. The van der Waals surface area contributed by atoms with E-state index in [1.807, 2.05) is 52.0 Å². The maximum atomic E-state index is 13.6. The van der Waals surface area contributed by atoms with Crippen LogP contribution in [0.2, 0.25) is 0 Å². The fraction of sp³-hybridized carbons (Fsp3) is 0.364. The molecule has 0 aliphatic heterocycles. The number of nitriles is 1. The largest absolute Gasteiger partial charge is 0.354 e. The highest BCUT2D eigenvalue weighted by atomic mass is 32.2. The molecule has 0 unspecified atom stereocenters. The average Bonchev–Trinajstić information content (AvgIpc) is 3.04. The molecule has 0 radical (unpaired) electrons. The van der Waals surface area contributed by atoms with Gasteiger partial charge in [0.15, 0.2) is 5.16 Å². The van der Waals surface area contributed by atoms with Crippen LogP contribution >= 0.6 is 23.1 Å². The summed E-state index contributed by atoms with van der Waals surface area (Å²) in [5, 5.41) is 12.5. The van der Waals surface area contributed by atoms with Crippen molar-refractivity contribution in [1.29, 1.82) is 5.26 Å². The molecule has 0 atom stereocenters. The number of aryl methyl sites for hydroxylation is 4. The van der Waals surface area contributed by atoms with Crippen molar-refractivity contribution < 1.29 is 4.79 Å². The number of aromatic nitrogens is 2. The topological polar surface area (TPSA) is 87.8 Å². The third kappa shape index (κ3) is 4.42. The lowest BCUT2D eigenvalue weighted by Gasteiger charge is -2.14. The molecule has 3 aromatic rings. The van der Waals surface area contributed by atoms with Crippen LogP contribution < -0.4 is 10.9 Å². The van der Waals surface area contributed by atoms with Crippen molar-refractivity contribution >= 4 is 39.2 Å². The van der Waals surface area contributed by atoms with Crippen molar-refractivity contribution in [2.24, 2.45) is 0 Å². The number of rotatable bonds is 7. The van der Waals surface area contributed by atoms with Crippen LogP contribution in [0.15, 0.2) is 28.2 Å². The Kier molecular flexibility index (Phi) is 6.95. The Bertz CT molecular complexity index is 1200. The molecule has 1 N–H and O–H groups in total. The van der Waals surface area contributed by atoms with Crippen molar-refractivity contribution in [2.45, 2.75) is 45.7 Å². The Morgan fingerprint density at radius 2 is 2.07 bits per heavy atom. The second kappa shape index (κ2) is 9.45. The Morgan fingerprint density at radius 3 is 2.73 bits per heavy atom. The van der Waals surface area contributed by atoms with Gasteiger partial charge in [0.25, 0.3) is 5.56 Å². The Morgan fingerprint density at radius 1 is 1.30 bits per heavy atom. The molecule has 0 aliphatic rings. The zero-order valence-corrected chi connectivity index (χ0v) is 19.2. The molecule has 8 heteroatoms. The number of nitrogens with zero attached hydrogens (tertiary/aromatic N) is 3. The summed E-state index contributed by atoms with van der Waals surface area (Å²) in [7, 11) is 0. The number of hydrogen-bond acceptors (Lipinski definition) is 6. The van der Waals surface area contributed by atoms with Crippen molar-refractivity contribution in [3.63, 3.8) is 0 Å². The normalized spacial score (nSPS) is 10.9. The van der Waals surface area contributed by atoms with E-state index in [0.717, 1.165) is 33.7 Å². The van der Waals surface area contributed by atoms with Gasteiger partial charge in [-0.2, -0.15) is 5.26 Å². The number of nitrogens with one attached hydrogen (secondary N) is 1. The van der Waals surface area contributed by atoms with Gasteiger partial charge in [-0.3, -0.25) is 14.2 Å². The summed E-state index contributed by atoms with van der Waals surface area (Å²) < 4.78 is 1.62. The van der Waals surface area contributed by atoms with Gasteiger partial charge in [0.05, 0.1) is 29.3 Å². The van der Waals surface area contributed by atoms with Gasteiger partial charge in [-0.15, -0.1) is 11.3 Å². The molecule has 0 saturated carbocycles. The molecule has 6 nitrogen and oxygen atoms in total. The molecule has 3 rings (SSSR count). The number of carbonyl (C=O) groups excluding carboxylic acids is 1. The maximum Gasteiger partial charge on any atom is 0.267 e. The van der Waals surface area contributed by atoms with Gasteiger partial charge in [0, 0.05) is 11.4 Å². The fourth-order valence-corrected chi connectivity index (χ4v) is 5.25. The monoisotopic (exact) mass is 440 g/mol. The van der Waals surface area contributed by atoms with E-state index in [2.05, 4.69) is 5.32 Å². The fourth-order valence-electron chi connectivity index (χ4n) is 3.25. The van der Waals surface area contributed by atoms with Crippen LogP contribution in [0.25, 0.3) is 15.9 Å². The smallest absolute Gasteiger partial charge is 0.267 e. The first-order valence-electron chi connectivity index (χ1n) is 9.76. The number of hydrogen-bond donors (Lipinski definition) is 1. The van der Waals surface area contributed by atoms with E-state index in [9.17, 15) is 9.59 Å². The third-order valence-electron chi connectivity index (χ3n) is 4.99. The van der Waals surface area contributed by atoms with E-state index >= 15 is 0 Å². The van der Waals surface area contributed by atoms with E-state index in [-0.39, 0.29) is 23.6 Å². The van der Waals surface area contributed by atoms with E-state index in [4.69, 9.17) is 10.2 Å². The summed E-state index contributed by atoms with van der Waals surface area (Å²) in [5.74, 6) is -0.0630. The van der Waals surface area contributed by atoms with Crippen molar-refractivity contribution in [3.05, 3.63) is 50.1 Å². The molecule has 0 bridgehead atoms. The maximum absolute atomic E-state index is 13.6. The summed E-state index contributed by atoms with van der Waals surface area (Å²) in [4.78, 5) is 32.3. The van der Waals surface area contributed by atoms with Gasteiger partial charge < -0.3 is 5.32 Å². The minimum absolute atomic E-state index is 0.100. The number of carbonyl (C=O) groups is 1. The number of fused-ring (bicyclic) bond motifs is 1. The van der Waals surface area contributed by atoms with Crippen LogP contribution in [0.3, 0.4) is 0 Å². The highest BCUT2D eigenvalue weighted by Gasteiger charge is 2.20. The predicted octanol–water partition coefficient (Wildman–Crippen LogP) is 4.06. The first-order chi connectivity index (χ1) is 14.4. The van der Waals surface area contributed by atoms with Gasteiger partial charge in [0.1, 0.15) is 4.83 Å². The number of thiophene rings is 1. The molecule has 1 amide bonds. The van der Waals surface area contributed by atoms with Crippen molar-refractivity contribution in [3.8, 4) is 11.8 Å². The Hall–Kier alpha value is -2.63. The van der Waals surface area contributed by atoms with E-state index in [1.54, 1.807) is 4.57 Å². The minimum Gasteiger partial charge on any atom is -0.354 e.